The molecule has 0 amide bonds. The standard InChI is InChI=1S/C15H19N3OS/c1-9(2)14-16-15(18-17-14)20-11(4)13(19)12-7-5-10(3)6-8-12/h5-9,11H,1-4H3,(H,16,17,18). The zero-order valence-electron chi connectivity index (χ0n) is 12.2. The molecule has 0 fully saturated rings. The molecule has 2 aromatic rings. The summed E-state index contributed by atoms with van der Waals surface area (Å²) in [4.78, 5) is 16.7. The van der Waals surface area contributed by atoms with Crippen LogP contribution < -0.4 is 0 Å². The molecule has 4 nitrogen and oxygen atoms in total. The van der Waals surface area contributed by atoms with Gasteiger partial charge in [0, 0.05) is 11.5 Å². The maximum atomic E-state index is 12.3. The first-order valence-corrected chi connectivity index (χ1v) is 7.55. The Kier molecular flexibility index (Phi) is 4.60. The van der Waals surface area contributed by atoms with E-state index in [4.69, 9.17) is 0 Å². The van der Waals surface area contributed by atoms with Gasteiger partial charge in [-0.25, -0.2) is 4.98 Å². The number of H-pyrrole nitrogens is 1. The lowest BCUT2D eigenvalue weighted by Gasteiger charge is -2.07. The van der Waals surface area contributed by atoms with Crippen molar-refractivity contribution in [3.63, 3.8) is 0 Å². The molecular formula is C15H19N3OS. The third-order valence-electron chi connectivity index (χ3n) is 3.02. The number of aryl methyl sites for hydroxylation is 1. The predicted octanol–water partition coefficient (Wildman–Crippen LogP) is 3.60. The maximum Gasteiger partial charge on any atom is 0.209 e. The molecule has 0 saturated heterocycles. The van der Waals surface area contributed by atoms with E-state index in [0.717, 1.165) is 17.0 Å². The number of carbonyl (C=O) groups excluding carboxylic acids is 1. The summed E-state index contributed by atoms with van der Waals surface area (Å²) in [5.74, 6) is 1.26. The van der Waals surface area contributed by atoms with Crippen molar-refractivity contribution in [2.75, 3.05) is 0 Å². The van der Waals surface area contributed by atoms with Crippen molar-refractivity contribution < 1.29 is 4.79 Å². The van der Waals surface area contributed by atoms with Crippen LogP contribution in [0, 0.1) is 6.92 Å². The van der Waals surface area contributed by atoms with Gasteiger partial charge in [-0.3, -0.25) is 9.89 Å². The molecule has 20 heavy (non-hydrogen) atoms. The molecule has 0 bridgehead atoms. The molecule has 0 aliphatic rings. The van der Waals surface area contributed by atoms with Crippen molar-refractivity contribution in [1.82, 2.24) is 15.2 Å². The summed E-state index contributed by atoms with van der Waals surface area (Å²) < 4.78 is 0. The normalized spacial score (nSPS) is 12.7. The van der Waals surface area contributed by atoms with E-state index in [1.54, 1.807) is 0 Å². The largest absolute Gasteiger partial charge is 0.293 e. The van der Waals surface area contributed by atoms with E-state index in [1.165, 1.54) is 11.8 Å². The van der Waals surface area contributed by atoms with Crippen LogP contribution in [0.5, 0.6) is 0 Å². The quantitative estimate of drug-likeness (QED) is 0.675. The van der Waals surface area contributed by atoms with Crippen molar-refractivity contribution in [3.8, 4) is 0 Å². The lowest BCUT2D eigenvalue weighted by molar-refractivity contribution is 0.0994. The highest BCUT2D eigenvalue weighted by atomic mass is 32.2. The number of benzene rings is 1. The Bertz CT molecular complexity index is 589. The topological polar surface area (TPSA) is 58.6 Å². The van der Waals surface area contributed by atoms with Crippen LogP contribution in [-0.2, 0) is 0 Å². The van der Waals surface area contributed by atoms with Crippen LogP contribution in [0.1, 0.15) is 48.4 Å². The molecule has 1 heterocycles. The number of nitrogens with one attached hydrogen (secondary N) is 1. The summed E-state index contributed by atoms with van der Waals surface area (Å²) in [6.07, 6.45) is 0. The minimum Gasteiger partial charge on any atom is -0.293 e. The zero-order chi connectivity index (χ0) is 14.7. The first-order chi connectivity index (χ1) is 9.47. The number of rotatable bonds is 5. The fourth-order valence-electron chi connectivity index (χ4n) is 1.73. The molecule has 1 unspecified atom stereocenters. The van der Waals surface area contributed by atoms with Gasteiger partial charge in [-0.1, -0.05) is 55.4 Å². The van der Waals surface area contributed by atoms with Crippen LogP contribution in [0.15, 0.2) is 29.4 Å². The Hall–Kier alpha value is -1.62. The van der Waals surface area contributed by atoms with E-state index >= 15 is 0 Å². The molecule has 0 aliphatic carbocycles. The monoisotopic (exact) mass is 289 g/mol. The highest BCUT2D eigenvalue weighted by Crippen LogP contribution is 2.23. The molecule has 1 aromatic carbocycles. The molecule has 0 saturated carbocycles. The van der Waals surface area contributed by atoms with Gasteiger partial charge in [-0.05, 0) is 13.8 Å². The van der Waals surface area contributed by atoms with Gasteiger partial charge < -0.3 is 0 Å². The third-order valence-corrected chi connectivity index (χ3v) is 3.98. The summed E-state index contributed by atoms with van der Waals surface area (Å²) in [6.45, 7) is 8.00. The minimum absolute atomic E-state index is 0.103. The van der Waals surface area contributed by atoms with Crippen LogP contribution in [0.2, 0.25) is 0 Å². The van der Waals surface area contributed by atoms with Crippen LogP contribution in [-0.4, -0.2) is 26.2 Å². The number of ketones is 1. The molecule has 106 valence electrons. The number of thioether (sulfide) groups is 1. The van der Waals surface area contributed by atoms with Gasteiger partial charge in [0.2, 0.25) is 5.16 Å². The molecular weight excluding hydrogens is 270 g/mol. The Balaban J connectivity index is 2.05. The first kappa shape index (κ1) is 14.8. The smallest absolute Gasteiger partial charge is 0.209 e. The Labute approximate surface area is 123 Å². The fourth-order valence-corrected chi connectivity index (χ4v) is 2.54. The van der Waals surface area contributed by atoms with E-state index in [2.05, 4.69) is 29.0 Å². The highest BCUT2D eigenvalue weighted by Gasteiger charge is 2.19. The van der Waals surface area contributed by atoms with Crippen molar-refractivity contribution >= 4 is 17.5 Å². The van der Waals surface area contributed by atoms with Crippen LogP contribution >= 0.6 is 11.8 Å². The number of aromatic nitrogens is 3. The SMILES string of the molecule is Cc1ccc(C(=O)C(C)Sc2n[nH]c(C(C)C)n2)cc1. The molecule has 0 radical (unpaired) electrons. The number of nitrogens with zero attached hydrogens (tertiary/aromatic N) is 2. The fraction of sp³-hybridized carbons (Fsp3) is 0.400. The van der Waals surface area contributed by atoms with Crippen LogP contribution in [0.25, 0.3) is 0 Å². The molecule has 1 N–H and O–H groups in total. The van der Waals surface area contributed by atoms with Crippen molar-refractivity contribution in [2.24, 2.45) is 0 Å². The number of hydrogen-bond donors (Lipinski definition) is 1. The van der Waals surface area contributed by atoms with Gasteiger partial charge in [0.1, 0.15) is 5.82 Å². The van der Waals surface area contributed by atoms with Crippen LogP contribution in [0.4, 0.5) is 0 Å². The predicted molar refractivity (Wildman–Crippen MR) is 81.3 cm³/mol. The van der Waals surface area contributed by atoms with Gasteiger partial charge in [-0.2, -0.15) is 0 Å². The first-order valence-electron chi connectivity index (χ1n) is 6.67. The highest BCUT2D eigenvalue weighted by molar-refractivity contribution is 8.00. The molecule has 0 aliphatic heterocycles. The number of aromatic amines is 1. The van der Waals surface area contributed by atoms with E-state index in [-0.39, 0.29) is 11.0 Å². The average molecular weight is 289 g/mol. The van der Waals surface area contributed by atoms with E-state index < -0.39 is 0 Å². The van der Waals surface area contributed by atoms with Crippen molar-refractivity contribution in [3.05, 3.63) is 41.2 Å². The summed E-state index contributed by atoms with van der Waals surface area (Å²) in [5, 5.41) is 7.47. The summed E-state index contributed by atoms with van der Waals surface area (Å²) in [5.41, 5.74) is 1.88. The van der Waals surface area contributed by atoms with E-state index in [0.29, 0.717) is 11.1 Å². The zero-order valence-corrected chi connectivity index (χ0v) is 13.0. The molecule has 1 aromatic heterocycles. The molecule has 5 heteroatoms. The van der Waals surface area contributed by atoms with Gasteiger partial charge in [0.25, 0.3) is 0 Å². The third kappa shape index (κ3) is 3.48. The molecule has 0 spiro atoms. The lowest BCUT2D eigenvalue weighted by atomic mass is 10.1. The van der Waals surface area contributed by atoms with E-state index in [9.17, 15) is 4.79 Å². The number of hydrogen-bond acceptors (Lipinski definition) is 4. The second kappa shape index (κ2) is 6.22. The van der Waals surface area contributed by atoms with Crippen molar-refractivity contribution in [1.29, 1.82) is 0 Å². The second-order valence-corrected chi connectivity index (χ2v) is 6.46. The minimum atomic E-state index is -0.200. The molecule has 2 rings (SSSR count). The van der Waals surface area contributed by atoms with Crippen molar-refractivity contribution in [2.45, 2.75) is 44.0 Å². The number of Topliss-reactive ketones (excluding diaryl/α,β-unsaturated/α-hetero) is 1. The molecule has 1 atom stereocenters. The summed E-state index contributed by atoms with van der Waals surface area (Å²) in [7, 11) is 0. The van der Waals surface area contributed by atoms with Gasteiger partial charge in [0.05, 0.1) is 5.25 Å². The summed E-state index contributed by atoms with van der Waals surface area (Å²) >= 11 is 1.39. The average Bonchev–Trinajstić information content (AvgIpc) is 2.87. The van der Waals surface area contributed by atoms with Crippen LogP contribution in [0.3, 0.4) is 0 Å². The maximum absolute atomic E-state index is 12.3. The summed E-state index contributed by atoms with van der Waals surface area (Å²) in [6, 6.07) is 7.64. The van der Waals surface area contributed by atoms with Gasteiger partial charge >= 0.3 is 0 Å². The second-order valence-electron chi connectivity index (χ2n) is 5.15. The van der Waals surface area contributed by atoms with E-state index in [1.807, 2.05) is 38.1 Å². The Morgan fingerprint density at radius 3 is 2.40 bits per heavy atom. The number of carbonyl (C=O) groups is 1. The van der Waals surface area contributed by atoms with Gasteiger partial charge in [0.15, 0.2) is 5.78 Å². The lowest BCUT2D eigenvalue weighted by Crippen LogP contribution is -2.13. The Morgan fingerprint density at radius 1 is 1.20 bits per heavy atom. The Morgan fingerprint density at radius 2 is 1.85 bits per heavy atom. The van der Waals surface area contributed by atoms with Gasteiger partial charge in [-0.15, -0.1) is 5.10 Å².